The van der Waals surface area contributed by atoms with Crippen LogP contribution in [0.25, 0.3) is 0 Å². The van der Waals surface area contributed by atoms with E-state index in [1.165, 1.54) is 11.3 Å². The molecule has 1 aromatic rings. The number of carbonyl (C=O) groups is 1. The molecular formula is C14H22N2OS. The number of amides is 2. The van der Waals surface area contributed by atoms with E-state index in [0.717, 1.165) is 32.5 Å². The normalized spacial score (nSPS) is 16.1. The Balaban J connectivity index is 2.02. The van der Waals surface area contributed by atoms with Gasteiger partial charge in [-0.25, -0.2) is 4.79 Å². The Kier molecular flexibility index (Phi) is 4.64. The van der Waals surface area contributed by atoms with E-state index in [-0.39, 0.29) is 12.1 Å². The van der Waals surface area contributed by atoms with Crippen molar-refractivity contribution in [2.45, 2.75) is 45.7 Å². The van der Waals surface area contributed by atoms with Crippen LogP contribution < -0.4 is 0 Å². The van der Waals surface area contributed by atoms with Crippen LogP contribution in [0, 0.1) is 0 Å². The molecule has 1 aliphatic rings. The zero-order valence-corrected chi connectivity index (χ0v) is 12.1. The lowest BCUT2D eigenvalue weighted by Gasteiger charge is -2.35. The summed E-state index contributed by atoms with van der Waals surface area (Å²) in [4.78, 5) is 17.8. The number of thiophene rings is 1. The van der Waals surface area contributed by atoms with Crippen LogP contribution in [-0.2, 0) is 6.54 Å². The number of hydrogen-bond acceptors (Lipinski definition) is 2. The van der Waals surface area contributed by atoms with Gasteiger partial charge < -0.3 is 9.80 Å². The summed E-state index contributed by atoms with van der Waals surface area (Å²) in [6.07, 6.45) is 3.56. The highest BCUT2D eigenvalue weighted by Crippen LogP contribution is 2.18. The van der Waals surface area contributed by atoms with Gasteiger partial charge in [0.1, 0.15) is 0 Å². The lowest BCUT2D eigenvalue weighted by atomic mass is 10.1. The van der Waals surface area contributed by atoms with Gasteiger partial charge in [-0.2, -0.15) is 0 Å². The first kappa shape index (κ1) is 13.4. The molecule has 2 amide bonds. The molecule has 0 atom stereocenters. The SMILES string of the molecule is CC(C)N(Cc1cccs1)C(=O)N1CCCCC1. The predicted octanol–water partition coefficient (Wildman–Crippen LogP) is 3.56. The van der Waals surface area contributed by atoms with Crippen LogP contribution in [0.1, 0.15) is 38.0 Å². The van der Waals surface area contributed by atoms with E-state index in [0.29, 0.717) is 0 Å². The van der Waals surface area contributed by atoms with Gasteiger partial charge in [0.15, 0.2) is 0 Å². The van der Waals surface area contributed by atoms with E-state index in [9.17, 15) is 4.79 Å². The van der Waals surface area contributed by atoms with Crippen LogP contribution in [0.4, 0.5) is 4.79 Å². The molecule has 0 saturated carbocycles. The molecule has 3 nitrogen and oxygen atoms in total. The van der Waals surface area contributed by atoms with Crippen LogP contribution >= 0.6 is 11.3 Å². The molecule has 2 heterocycles. The van der Waals surface area contributed by atoms with E-state index >= 15 is 0 Å². The molecule has 1 aromatic heterocycles. The Hall–Kier alpha value is -1.03. The minimum atomic E-state index is 0.207. The predicted molar refractivity (Wildman–Crippen MR) is 75.8 cm³/mol. The second kappa shape index (κ2) is 6.23. The molecule has 1 aliphatic heterocycles. The molecule has 0 aromatic carbocycles. The molecule has 0 radical (unpaired) electrons. The lowest BCUT2D eigenvalue weighted by molar-refractivity contribution is 0.129. The average molecular weight is 266 g/mol. The summed E-state index contributed by atoms with van der Waals surface area (Å²) in [5.41, 5.74) is 0. The van der Waals surface area contributed by atoms with E-state index < -0.39 is 0 Å². The van der Waals surface area contributed by atoms with Gasteiger partial charge in [-0.05, 0) is 44.6 Å². The quantitative estimate of drug-likeness (QED) is 0.820. The maximum absolute atomic E-state index is 12.5. The molecule has 2 rings (SSSR count). The summed E-state index contributed by atoms with van der Waals surface area (Å²) >= 11 is 1.72. The molecule has 0 spiro atoms. The Morgan fingerprint density at radius 1 is 1.39 bits per heavy atom. The number of carbonyl (C=O) groups excluding carboxylic acids is 1. The fourth-order valence-corrected chi connectivity index (χ4v) is 3.01. The van der Waals surface area contributed by atoms with Crippen LogP contribution in [-0.4, -0.2) is 35.0 Å². The first-order chi connectivity index (χ1) is 8.68. The summed E-state index contributed by atoms with van der Waals surface area (Å²) in [5, 5.41) is 2.07. The number of piperidine rings is 1. The summed E-state index contributed by atoms with van der Waals surface area (Å²) < 4.78 is 0. The highest BCUT2D eigenvalue weighted by Gasteiger charge is 2.24. The molecule has 1 fully saturated rings. The number of urea groups is 1. The largest absolute Gasteiger partial charge is 0.325 e. The average Bonchev–Trinajstić information content (AvgIpc) is 2.89. The smallest absolute Gasteiger partial charge is 0.320 e. The van der Waals surface area contributed by atoms with Crippen molar-refractivity contribution in [3.05, 3.63) is 22.4 Å². The van der Waals surface area contributed by atoms with Crippen LogP contribution in [0.5, 0.6) is 0 Å². The van der Waals surface area contributed by atoms with Crippen molar-refractivity contribution in [3.63, 3.8) is 0 Å². The fraction of sp³-hybridized carbons (Fsp3) is 0.643. The van der Waals surface area contributed by atoms with Crippen molar-refractivity contribution in [1.82, 2.24) is 9.80 Å². The molecule has 18 heavy (non-hydrogen) atoms. The summed E-state index contributed by atoms with van der Waals surface area (Å²) in [5.74, 6) is 0. The zero-order valence-electron chi connectivity index (χ0n) is 11.3. The molecular weight excluding hydrogens is 244 g/mol. The lowest BCUT2D eigenvalue weighted by Crippen LogP contribution is -2.47. The van der Waals surface area contributed by atoms with E-state index in [1.807, 2.05) is 15.9 Å². The Morgan fingerprint density at radius 2 is 2.11 bits per heavy atom. The Bertz CT molecular complexity index is 369. The monoisotopic (exact) mass is 266 g/mol. The molecule has 100 valence electrons. The summed E-state index contributed by atoms with van der Waals surface area (Å²) in [7, 11) is 0. The molecule has 0 N–H and O–H groups in total. The van der Waals surface area contributed by atoms with Gasteiger partial charge in [0, 0.05) is 24.0 Å². The van der Waals surface area contributed by atoms with Crippen LogP contribution in [0.15, 0.2) is 17.5 Å². The summed E-state index contributed by atoms with van der Waals surface area (Å²) in [6.45, 7) is 6.77. The zero-order chi connectivity index (χ0) is 13.0. The first-order valence-corrected chi connectivity index (χ1v) is 7.64. The third-order valence-corrected chi connectivity index (χ3v) is 4.26. The fourth-order valence-electron chi connectivity index (χ4n) is 2.31. The maximum atomic E-state index is 12.5. The van der Waals surface area contributed by atoms with E-state index in [2.05, 4.69) is 25.3 Å². The van der Waals surface area contributed by atoms with Gasteiger partial charge in [-0.1, -0.05) is 6.07 Å². The number of likely N-dealkylation sites (tertiary alicyclic amines) is 1. The van der Waals surface area contributed by atoms with Gasteiger partial charge in [-0.3, -0.25) is 0 Å². The Morgan fingerprint density at radius 3 is 2.67 bits per heavy atom. The maximum Gasteiger partial charge on any atom is 0.320 e. The molecule has 0 aliphatic carbocycles. The van der Waals surface area contributed by atoms with E-state index in [4.69, 9.17) is 0 Å². The second-order valence-electron chi connectivity index (χ2n) is 5.13. The number of hydrogen-bond donors (Lipinski definition) is 0. The number of rotatable bonds is 3. The molecule has 0 unspecified atom stereocenters. The van der Waals surface area contributed by atoms with Gasteiger partial charge in [0.25, 0.3) is 0 Å². The summed E-state index contributed by atoms with van der Waals surface area (Å²) in [6, 6.07) is 4.60. The molecule has 0 bridgehead atoms. The van der Waals surface area contributed by atoms with Crippen molar-refractivity contribution in [1.29, 1.82) is 0 Å². The van der Waals surface area contributed by atoms with Gasteiger partial charge in [-0.15, -0.1) is 11.3 Å². The third kappa shape index (κ3) is 3.25. The van der Waals surface area contributed by atoms with Crippen LogP contribution in [0.2, 0.25) is 0 Å². The van der Waals surface area contributed by atoms with Crippen molar-refractivity contribution in [3.8, 4) is 0 Å². The highest BCUT2D eigenvalue weighted by atomic mass is 32.1. The van der Waals surface area contributed by atoms with E-state index in [1.54, 1.807) is 11.3 Å². The van der Waals surface area contributed by atoms with Crippen LogP contribution in [0.3, 0.4) is 0 Å². The molecule has 1 saturated heterocycles. The van der Waals surface area contributed by atoms with Crippen molar-refractivity contribution in [2.24, 2.45) is 0 Å². The third-order valence-electron chi connectivity index (χ3n) is 3.40. The minimum absolute atomic E-state index is 0.207. The van der Waals surface area contributed by atoms with Crippen molar-refractivity contribution < 1.29 is 4.79 Å². The number of nitrogens with zero attached hydrogens (tertiary/aromatic N) is 2. The first-order valence-electron chi connectivity index (χ1n) is 6.76. The van der Waals surface area contributed by atoms with Crippen molar-refractivity contribution >= 4 is 17.4 Å². The second-order valence-corrected chi connectivity index (χ2v) is 6.16. The topological polar surface area (TPSA) is 23.6 Å². The Labute approximate surface area is 113 Å². The molecule has 4 heteroatoms. The highest BCUT2D eigenvalue weighted by molar-refractivity contribution is 7.09. The van der Waals surface area contributed by atoms with Gasteiger partial charge in [0.05, 0.1) is 6.54 Å². The van der Waals surface area contributed by atoms with Gasteiger partial charge in [0.2, 0.25) is 0 Å². The standard InChI is InChI=1S/C14H22N2OS/c1-12(2)16(11-13-7-6-10-18-13)14(17)15-8-4-3-5-9-15/h6-7,10,12H,3-5,8-9,11H2,1-2H3. The van der Waals surface area contributed by atoms with Gasteiger partial charge >= 0.3 is 6.03 Å². The minimum Gasteiger partial charge on any atom is -0.325 e. The van der Waals surface area contributed by atoms with Crippen molar-refractivity contribution in [2.75, 3.05) is 13.1 Å².